The number of hydrazine groups is 1. The number of nitrogens with zero attached hydrogens (tertiary/aromatic N) is 1. The van der Waals surface area contributed by atoms with Gasteiger partial charge in [-0.2, -0.15) is 5.26 Å². The maximum absolute atomic E-state index is 11.1. The minimum atomic E-state index is -0.378. The van der Waals surface area contributed by atoms with Crippen LogP contribution in [-0.2, 0) is 4.79 Å². The molecular weight excluding hydrogens is 350 g/mol. The summed E-state index contributed by atoms with van der Waals surface area (Å²) in [6, 6.07) is 9.33. The minimum absolute atomic E-state index is 0.178. The number of carbonyl (C=O) groups is 1. The van der Waals surface area contributed by atoms with Crippen LogP contribution < -0.4 is 10.9 Å². The monoisotopic (exact) mass is 357 g/mol. The van der Waals surface area contributed by atoms with Crippen molar-refractivity contribution in [2.75, 3.05) is 0 Å². The molecule has 0 radical (unpaired) electrons. The van der Waals surface area contributed by atoms with Crippen molar-refractivity contribution in [2.24, 2.45) is 0 Å². The maximum atomic E-state index is 11.1. The van der Waals surface area contributed by atoms with E-state index in [-0.39, 0.29) is 12.3 Å². The van der Waals surface area contributed by atoms with Gasteiger partial charge in [-0.15, -0.1) is 0 Å². The smallest absolute Gasteiger partial charge is 0.252 e. The normalized spacial score (nSPS) is 10.5. The summed E-state index contributed by atoms with van der Waals surface area (Å²) >= 11 is 6.55. The molecule has 17 heavy (non-hydrogen) atoms. The molecule has 0 saturated carbocycles. The van der Waals surface area contributed by atoms with Crippen molar-refractivity contribution >= 4 is 43.5 Å². The lowest BCUT2D eigenvalue weighted by atomic mass is 10.2. The Morgan fingerprint density at radius 2 is 2.00 bits per heavy atom. The molecule has 0 aromatic heterocycles. The lowest BCUT2D eigenvalue weighted by Crippen LogP contribution is -2.35. The van der Waals surface area contributed by atoms with Crippen molar-refractivity contribution in [3.05, 3.63) is 39.3 Å². The highest BCUT2D eigenvalue weighted by molar-refractivity contribution is 9.11. The highest BCUT2D eigenvalue weighted by Gasteiger charge is 2.03. The number of hydrogen-bond acceptors (Lipinski definition) is 3. The second-order valence-corrected chi connectivity index (χ2v) is 4.41. The average Bonchev–Trinajstić information content (AvgIpc) is 2.32. The molecule has 0 fully saturated rings. The van der Waals surface area contributed by atoms with Crippen LogP contribution in [-0.4, -0.2) is 5.91 Å². The van der Waals surface area contributed by atoms with Crippen molar-refractivity contribution in [1.82, 2.24) is 10.9 Å². The highest BCUT2D eigenvalue weighted by atomic mass is 79.9. The third-order valence-electron chi connectivity index (χ3n) is 1.84. The van der Waals surface area contributed by atoms with Gasteiger partial charge in [0.25, 0.3) is 5.91 Å². The lowest BCUT2D eigenvalue weighted by molar-refractivity contribution is -0.120. The first-order valence-electron chi connectivity index (χ1n) is 4.65. The Morgan fingerprint density at radius 3 is 2.53 bits per heavy atom. The molecule has 0 atom stereocenters. The summed E-state index contributed by atoms with van der Waals surface area (Å²) in [6.07, 6.45) is -0.178. The molecule has 0 unspecified atom stereocenters. The van der Waals surface area contributed by atoms with Gasteiger partial charge in [0.05, 0.1) is 11.8 Å². The van der Waals surface area contributed by atoms with Gasteiger partial charge in [-0.25, -0.2) is 0 Å². The van der Waals surface area contributed by atoms with Crippen LogP contribution in [0, 0.1) is 11.3 Å². The van der Waals surface area contributed by atoms with Gasteiger partial charge in [0.2, 0.25) is 0 Å². The van der Waals surface area contributed by atoms with Crippen molar-refractivity contribution in [1.29, 1.82) is 5.26 Å². The summed E-state index contributed by atoms with van der Waals surface area (Å²) in [4.78, 5) is 12.8. The molecule has 1 rings (SSSR count). The molecule has 0 saturated heterocycles. The Morgan fingerprint density at radius 1 is 1.35 bits per heavy atom. The van der Waals surface area contributed by atoms with Crippen LogP contribution in [0.3, 0.4) is 0 Å². The molecule has 0 aliphatic rings. The van der Waals surface area contributed by atoms with Crippen LogP contribution in [0.4, 0.5) is 0 Å². The van der Waals surface area contributed by atoms with E-state index in [0.717, 1.165) is 10.0 Å². The third-order valence-corrected chi connectivity index (χ3v) is 2.83. The molecule has 0 aliphatic carbocycles. The Hall–Kier alpha value is -1.32. The topological polar surface area (TPSA) is 64.9 Å². The molecule has 0 spiro atoms. The number of nitrogens with one attached hydrogen (secondary N) is 2. The van der Waals surface area contributed by atoms with Crippen molar-refractivity contribution in [3.63, 3.8) is 0 Å². The molecule has 0 aliphatic heterocycles. The second kappa shape index (κ2) is 7.09. The van der Waals surface area contributed by atoms with Crippen molar-refractivity contribution in [3.8, 4) is 6.07 Å². The van der Waals surface area contributed by atoms with Crippen LogP contribution in [0.15, 0.2) is 33.7 Å². The predicted molar refractivity (Wildman–Crippen MR) is 72.6 cm³/mol. The molecule has 2 N–H and O–H groups in total. The number of hydrogen-bond donors (Lipinski definition) is 2. The number of nitriles is 1. The van der Waals surface area contributed by atoms with Crippen LogP contribution in [0.5, 0.6) is 0 Å². The summed E-state index contributed by atoms with van der Waals surface area (Å²) in [5.74, 6) is -0.378. The second-order valence-electron chi connectivity index (χ2n) is 3.04. The van der Waals surface area contributed by atoms with Crippen LogP contribution in [0.25, 0.3) is 5.70 Å². The van der Waals surface area contributed by atoms with Gasteiger partial charge >= 0.3 is 0 Å². The lowest BCUT2D eigenvalue weighted by Gasteiger charge is -2.10. The first-order valence-corrected chi connectivity index (χ1v) is 6.36. The molecule has 1 aromatic rings. The Balaban J connectivity index is 2.65. The highest BCUT2D eigenvalue weighted by Crippen LogP contribution is 2.16. The first-order chi connectivity index (χ1) is 8.17. The van der Waals surface area contributed by atoms with E-state index in [0.29, 0.717) is 5.70 Å². The average molecular weight is 359 g/mol. The van der Waals surface area contributed by atoms with E-state index in [1.54, 1.807) is 11.1 Å². The summed E-state index contributed by atoms with van der Waals surface area (Å²) in [6.45, 7) is 0. The summed E-state index contributed by atoms with van der Waals surface area (Å²) in [5, 5.41) is 8.34. The van der Waals surface area contributed by atoms with Gasteiger partial charge in [0.15, 0.2) is 0 Å². The van der Waals surface area contributed by atoms with Gasteiger partial charge in [-0.3, -0.25) is 15.6 Å². The Labute approximate surface area is 116 Å². The van der Waals surface area contributed by atoms with Crippen LogP contribution >= 0.6 is 31.9 Å². The number of rotatable bonds is 4. The number of benzene rings is 1. The summed E-state index contributed by atoms with van der Waals surface area (Å²) in [5.41, 5.74) is 6.77. The molecule has 1 aromatic carbocycles. The van der Waals surface area contributed by atoms with Crippen molar-refractivity contribution < 1.29 is 4.79 Å². The molecular formula is C11H9Br2N3O. The number of halogens is 2. The van der Waals surface area contributed by atoms with E-state index >= 15 is 0 Å². The van der Waals surface area contributed by atoms with Gasteiger partial charge in [-0.05, 0) is 17.7 Å². The summed E-state index contributed by atoms with van der Waals surface area (Å²) in [7, 11) is 0. The Kier molecular flexibility index (Phi) is 5.73. The van der Waals surface area contributed by atoms with E-state index in [1.807, 2.05) is 24.3 Å². The van der Waals surface area contributed by atoms with Gasteiger partial charge in [0, 0.05) is 9.46 Å². The molecule has 0 bridgehead atoms. The van der Waals surface area contributed by atoms with E-state index in [4.69, 9.17) is 5.26 Å². The molecule has 88 valence electrons. The fraction of sp³-hybridized carbons (Fsp3) is 0.0909. The maximum Gasteiger partial charge on any atom is 0.252 e. The zero-order valence-electron chi connectivity index (χ0n) is 8.71. The molecule has 0 heterocycles. The predicted octanol–water partition coefficient (Wildman–Crippen LogP) is 2.68. The van der Waals surface area contributed by atoms with Gasteiger partial charge in [0.1, 0.15) is 6.42 Å². The number of carbonyl (C=O) groups excluding carboxylic acids is 1. The standard InChI is InChI=1S/C11H9Br2N3O/c12-7-10(15-16-11(17)5-6-14)8-1-3-9(13)4-2-8/h1-4,7,15H,5H2,(H,16,17). The van der Waals surface area contributed by atoms with E-state index in [1.165, 1.54) is 0 Å². The third kappa shape index (κ3) is 4.59. The quantitative estimate of drug-likeness (QED) is 0.813. The van der Waals surface area contributed by atoms with Gasteiger partial charge < -0.3 is 0 Å². The van der Waals surface area contributed by atoms with E-state index < -0.39 is 0 Å². The largest absolute Gasteiger partial charge is 0.297 e. The first kappa shape index (κ1) is 13.7. The molecule has 6 heteroatoms. The summed E-state index contributed by atoms with van der Waals surface area (Å²) < 4.78 is 0.976. The van der Waals surface area contributed by atoms with Crippen LogP contribution in [0.2, 0.25) is 0 Å². The van der Waals surface area contributed by atoms with Crippen LogP contribution in [0.1, 0.15) is 12.0 Å². The van der Waals surface area contributed by atoms with Crippen molar-refractivity contribution in [2.45, 2.75) is 6.42 Å². The van der Waals surface area contributed by atoms with Gasteiger partial charge in [-0.1, -0.05) is 44.0 Å². The zero-order chi connectivity index (χ0) is 12.7. The minimum Gasteiger partial charge on any atom is -0.297 e. The SMILES string of the molecule is N#CCC(=O)NNC(=CBr)c1ccc(Br)cc1. The van der Waals surface area contributed by atoms with E-state index in [9.17, 15) is 4.79 Å². The zero-order valence-corrected chi connectivity index (χ0v) is 11.9. The fourth-order valence-electron chi connectivity index (χ4n) is 1.04. The molecule has 1 amide bonds. The van der Waals surface area contributed by atoms with E-state index in [2.05, 4.69) is 42.7 Å². The molecule has 4 nitrogen and oxygen atoms in total. The number of amides is 1. The fourth-order valence-corrected chi connectivity index (χ4v) is 1.69. The Bertz CT molecular complexity index is 463.